The van der Waals surface area contributed by atoms with Crippen molar-refractivity contribution in [1.82, 2.24) is 0 Å². The van der Waals surface area contributed by atoms with Crippen molar-refractivity contribution in [3.8, 4) is 0 Å². The van der Waals surface area contributed by atoms with Crippen LogP contribution < -0.4 is 4.99 Å². The van der Waals surface area contributed by atoms with Crippen LogP contribution in [0, 0.1) is 0 Å². The molecule has 0 aliphatic heterocycles. The number of nitrogens with one attached hydrogen (secondary N) is 1. The van der Waals surface area contributed by atoms with Crippen molar-refractivity contribution in [3.05, 3.63) is 101 Å². The fourth-order valence-electron chi connectivity index (χ4n) is 2.86. The van der Waals surface area contributed by atoms with Gasteiger partial charge in [-0.15, -0.1) is 0 Å². The Kier molecular flexibility index (Phi) is 7.37. The van der Waals surface area contributed by atoms with Gasteiger partial charge in [-0.2, -0.15) is 0 Å². The van der Waals surface area contributed by atoms with Gasteiger partial charge < -0.3 is 4.74 Å². The molecule has 4 heteroatoms. The summed E-state index contributed by atoms with van der Waals surface area (Å²) in [5.41, 5.74) is 2.55. The Bertz CT molecular complexity index is 828. The SMILES string of the molecule is CCOC(=[NH+]CC(c1ccccc1)c1ccccc1)Sc1ccccc1Cl. The highest BCUT2D eigenvalue weighted by Crippen LogP contribution is 2.27. The van der Waals surface area contributed by atoms with Crippen LogP contribution in [-0.4, -0.2) is 18.4 Å². The highest BCUT2D eigenvalue weighted by atomic mass is 35.5. The maximum atomic E-state index is 6.31. The van der Waals surface area contributed by atoms with Crippen molar-refractivity contribution in [2.75, 3.05) is 13.2 Å². The molecule has 0 bridgehead atoms. The van der Waals surface area contributed by atoms with Crippen LogP contribution in [0.1, 0.15) is 24.0 Å². The van der Waals surface area contributed by atoms with Crippen LogP contribution in [0.3, 0.4) is 0 Å². The Labute approximate surface area is 170 Å². The fraction of sp³-hybridized carbons (Fsp3) is 0.174. The van der Waals surface area contributed by atoms with Crippen LogP contribution in [0.4, 0.5) is 0 Å². The van der Waals surface area contributed by atoms with Gasteiger partial charge in [0, 0.05) is 16.7 Å². The maximum absolute atomic E-state index is 6.31. The lowest BCUT2D eigenvalue weighted by atomic mass is 9.91. The molecule has 27 heavy (non-hydrogen) atoms. The van der Waals surface area contributed by atoms with Gasteiger partial charge in [0.25, 0.3) is 0 Å². The average molecular weight is 397 g/mol. The third-order valence-electron chi connectivity index (χ3n) is 4.17. The smallest absolute Gasteiger partial charge is 0.403 e. The van der Waals surface area contributed by atoms with Gasteiger partial charge in [-0.3, -0.25) is 0 Å². The predicted molar refractivity (Wildman–Crippen MR) is 114 cm³/mol. The molecular weight excluding hydrogens is 374 g/mol. The van der Waals surface area contributed by atoms with E-state index in [0.717, 1.165) is 21.7 Å². The Morgan fingerprint density at radius 1 is 0.889 bits per heavy atom. The van der Waals surface area contributed by atoms with Gasteiger partial charge in [-0.1, -0.05) is 84.4 Å². The molecule has 3 aromatic rings. The van der Waals surface area contributed by atoms with Crippen molar-refractivity contribution in [3.63, 3.8) is 0 Å². The molecule has 0 unspecified atom stereocenters. The van der Waals surface area contributed by atoms with E-state index in [1.54, 1.807) is 0 Å². The van der Waals surface area contributed by atoms with E-state index in [2.05, 4.69) is 53.5 Å². The lowest BCUT2D eigenvalue weighted by molar-refractivity contribution is -0.465. The number of hydrogen-bond acceptors (Lipinski definition) is 2. The Morgan fingerprint density at radius 2 is 1.44 bits per heavy atom. The first kappa shape index (κ1) is 19.5. The maximum Gasteiger partial charge on any atom is 0.403 e. The zero-order chi connectivity index (χ0) is 18.9. The lowest BCUT2D eigenvalue weighted by Crippen LogP contribution is -2.74. The Balaban J connectivity index is 1.85. The molecule has 0 spiro atoms. The molecule has 0 fully saturated rings. The summed E-state index contributed by atoms with van der Waals surface area (Å²) >= 11 is 7.83. The van der Waals surface area contributed by atoms with E-state index in [0.29, 0.717) is 6.61 Å². The number of benzene rings is 3. The molecular formula is C23H23ClNOS+. The minimum atomic E-state index is 0.231. The van der Waals surface area contributed by atoms with Crippen LogP contribution in [-0.2, 0) is 4.74 Å². The molecule has 1 N–H and O–H groups in total. The summed E-state index contributed by atoms with van der Waals surface area (Å²) < 4.78 is 5.83. The molecule has 0 aliphatic carbocycles. The fourth-order valence-corrected chi connectivity index (χ4v) is 3.95. The summed E-state index contributed by atoms with van der Waals surface area (Å²) in [6.45, 7) is 3.32. The predicted octanol–water partition coefficient (Wildman–Crippen LogP) is 4.74. The first-order valence-electron chi connectivity index (χ1n) is 9.04. The summed E-state index contributed by atoms with van der Waals surface area (Å²) in [6.07, 6.45) is 0. The minimum absolute atomic E-state index is 0.231. The summed E-state index contributed by atoms with van der Waals surface area (Å²) in [6, 6.07) is 28.9. The Hall–Kier alpha value is -2.23. The third-order valence-corrected chi connectivity index (χ3v) is 5.63. The van der Waals surface area contributed by atoms with Crippen molar-refractivity contribution in [2.45, 2.75) is 17.7 Å². The van der Waals surface area contributed by atoms with Crippen LogP contribution >= 0.6 is 23.4 Å². The van der Waals surface area contributed by atoms with E-state index < -0.39 is 0 Å². The van der Waals surface area contributed by atoms with Crippen molar-refractivity contribution in [2.24, 2.45) is 0 Å². The van der Waals surface area contributed by atoms with E-state index in [1.165, 1.54) is 22.9 Å². The minimum Gasteiger partial charge on any atom is -0.440 e. The van der Waals surface area contributed by atoms with E-state index >= 15 is 0 Å². The molecule has 0 radical (unpaired) electrons. The van der Waals surface area contributed by atoms with E-state index in [-0.39, 0.29) is 5.92 Å². The number of rotatable bonds is 6. The third kappa shape index (κ3) is 5.62. The van der Waals surface area contributed by atoms with Crippen LogP contribution in [0.25, 0.3) is 0 Å². The first-order valence-corrected chi connectivity index (χ1v) is 10.2. The molecule has 138 valence electrons. The second-order valence-electron chi connectivity index (χ2n) is 6.01. The van der Waals surface area contributed by atoms with Gasteiger partial charge in [0.1, 0.15) is 0 Å². The normalized spacial score (nSPS) is 11.6. The van der Waals surface area contributed by atoms with Gasteiger partial charge >= 0.3 is 5.23 Å². The summed E-state index contributed by atoms with van der Waals surface area (Å²) in [5.74, 6) is 0.231. The molecule has 3 aromatic carbocycles. The second kappa shape index (κ2) is 10.2. The number of hydrogen-bond donors (Lipinski definition) is 1. The molecule has 0 saturated heterocycles. The lowest BCUT2D eigenvalue weighted by Gasteiger charge is -2.14. The van der Waals surface area contributed by atoms with Gasteiger partial charge in [-0.25, -0.2) is 4.99 Å². The second-order valence-corrected chi connectivity index (χ2v) is 7.43. The summed E-state index contributed by atoms with van der Waals surface area (Å²) in [4.78, 5) is 4.47. The first-order chi connectivity index (χ1) is 13.3. The van der Waals surface area contributed by atoms with E-state index in [1.807, 2.05) is 43.3 Å². The molecule has 2 nitrogen and oxygen atoms in total. The van der Waals surface area contributed by atoms with E-state index in [9.17, 15) is 0 Å². The molecule has 0 heterocycles. The standard InChI is InChI=1S/C23H22ClNOS/c1-2-26-23(27-22-16-10-9-15-21(22)24)25-17-20(18-11-5-3-6-12-18)19-13-7-4-8-14-19/h3-16,20H,2,17H2,1H3/p+1. The molecule has 0 aromatic heterocycles. The van der Waals surface area contributed by atoms with Gasteiger partial charge in [0.05, 0.1) is 17.5 Å². The van der Waals surface area contributed by atoms with Crippen molar-refractivity contribution >= 4 is 28.6 Å². The van der Waals surface area contributed by atoms with E-state index in [4.69, 9.17) is 16.3 Å². The summed E-state index contributed by atoms with van der Waals surface area (Å²) in [5, 5.41) is 1.49. The Morgan fingerprint density at radius 3 is 2.00 bits per heavy atom. The quantitative estimate of drug-likeness (QED) is 0.369. The number of ether oxygens (including phenoxy) is 1. The van der Waals surface area contributed by atoms with Crippen LogP contribution in [0.15, 0.2) is 89.8 Å². The average Bonchev–Trinajstić information content (AvgIpc) is 2.71. The number of thioether (sulfide) groups is 1. The monoisotopic (exact) mass is 396 g/mol. The van der Waals surface area contributed by atoms with Crippen LogP contribution in [0.5, 0.6) is 0 Å². The highest BCUT2D eigenvalue weighted by Gasteiger charge is 2.19. The number of halogens is 1. The van der Waals surface area contributed by atoms with Crippen molar-refractivity contribution < 1.29 is 9.73 Å². The molecule has 3 rings (SSSR count). The zero-order valence-corrected chi connectivity index (χ0v) is 16.8. The molecule has 0 amide bonds. The summed E-state index contributed by atoms with van der Waals surface area (Å²) in [7, 11) is 0. The highest BCUT2D eigenvalue weighted by molar-refractivity contribution is 8.13. The van der Waals surface area contributed by atoms with Gasteiger partial charge in [-0.05, 0) is 30.2 Å². The van der Waals surface area contributed by atoms with Gasteiger partial charge in [0.15, 0.2) is 6.54 Å². The van der Waals surface area contributed by atoms with Crippen LogP contribution in [0.2, 0.25) is 5.02 Å². The van der Waals surface area contributed by atoms with Crippen molar-refractivity contribution in [1.29, 1.82) is 0 Å². The molecule has 0 saturated carbocycles. The molecule has 0 aliphatic rings. The largest absolute Gasteiger partial charge is 0.440 e. The molecule has 0 atom stereocenters. The van der Waals surface area contributed by atoms with Gasteiger partial charge in [0.2, 0.25) is 0 Å². The zero-order valence-electron chi connectivity index (χ0n) is 15.3. The topological polar surface area (TPSA) is 23.2 Å².